The third-order valence-corrected chi connectivity index (χ3v) is 2.05. The Hall–Kier alpha value is -0.690. The maximum Gasteiger partial charge on any atom is 0.302 e. The number of esters is 1. The van der Waals surface area contributed by atoms with E-state index in [9.17, 15) is 9.90 Å². The standard InChI is InChI=1S/C8H14O6/c1-5(11)13-6-2-8(12,4-10)14-7(6)3-9/h6-7,9-10,12H,2-4H2,1H3/t6-,7+,8-/m0/s1. The first kappa shape index (κ1) is 11.4. The average Bonchev–Trinajstić information content (AvgIpc) is 2.42. The van der Waals surface area contributed by atoms with E-state index >= 15 is 0 Å². The first-order valence-corrected chi connectivity index (χ1v) is 4.30. The second-order valence-corrected chi connectivity index (χ2v) is 3.30. The Morgan fingerprint density at radius 1 is 1.64 bits per heavy atom. The lowest BCUT2D eigenvalue weighted by molar-refractivity contribution is -0.217. The van der Waals surface area contributed by atoms with Crippen molar-refractivity contribution in [3.05, 3.63) is 0 Å². The zero-order chi connectivity index (χ0) is 10.8. The number of hydrogen-bond donors (Lipinski definition) is 3. The van der Waals surface area contributed by atoms with Crippen molar-refractivity contribution in [3.8, 4) is 0 Å². The van der Waals surface area contributed by atoms with Crippen molar-refractivity contribution in [2.75, 3.05) is 13.2 Å². The predicted molar refractivity (Wildman–Crippen MR) is 44.2 cm³/mol. The second kappa shape index (κ2) is 4.22. The number of aliphatic hydroxyl groups excluding tert-OH is 2. The van der Waals surface area contributed by atoms with Crippen LogP contribution >= 0.6 is 0 Å². The molecule has 0 aliphatic carbocycles. The van der Waals surface area contributed by atoms with Crippen molar-refractivity contribution in [2.24, 2.45) is 0 Å². The maximum atomic E-state index is 10.7. The van der Waals surface area contributed by atoms with Gasteiger partial charge in [-0.05, 0) is 0 Å². The zero-order valence-corrected chi connectivity index (χ0v) is 7.84. The highest BCUT2D eigenvalue weighted by molar-refractivity contribution is 5.66. The highest BCUT2D eigenvalue weighted by Gasteiger charge is 2.46. The molecule has 3 atom stereocenters. The lowest BCUT2D eigenvalue weighted by Crippen LogP contribution is -2.33. The minimum absolute atomic E-state index is 0.0334. The number of aliphatic hydroxyl groups is 3. The molecule has 0 aromatic rings. The molecule has 1 rings (SSSR count). The van der Waals surface area contributed by atoms with Crippen LogP contribution in [0.3, 0.4) is 0 Å². The Morgan fingerprint density at radius 3 is 2.71 bits per heavy atom. The number of carbonyl (C=O) groups excluding carboxylic acids is 1. The summed E-state index contributed by atoms with van der Waals surface area (Å²) in [6.07, 6.45) is -1.53. The molecule has 0 amide bonds. The van der Waals surface area contributed by atoms with E-state index in [1.54, 1.807) is 0 Å². The summed E-state index contributed by atoms with van der Waals surface area (Å²) in [5, 5.41) is 27.2. The highest BCUT2D eigenvalue weighted by Crippen LogP contribution is 2.30. The van der Waals surface area contributed by atoms with Crippen LogP contribution in [-0.2, 0) is 14.3 Å². The van der Waals surface area contributed by atoms with Crippen LogP contribution in [0.15, 0.2) is 0 Å². The topological polar surface area (TPSA) is 96.2 Å². The number of hydrogen-bond acceptors (Lipinski definition) is 6. The van der Waals surface area contributed by atoms with E-state index in [1.807, 2.05) is 0 Å². The summed E-state index contributed by atoms with van der Waals surface area (Å²) in [6, 6.07) is 0. The van der Waals surface area contributed by atoms with Crippen LogP contribution in [0.4, 0.5) is 0 Å². The van der Waals surface area contributed by atoms with Gasteiger partial charge in [0.1, 0.15) is 12.2 Å². The van der Waals surface area contributed by atoms with Gasteiger partial charge in [-0.3, -0.25) is 4.79 Å². The zero-order valence-electron chi connectivity index (χ0n) is 7.84. The van der Waals surface area contributed by atoms with Crippen molar-refractivity contribution < 1.29 is 29.6 Å². The molecule has 1 saturated heterocycles. The summed E-state index contributed by atoms with van der Waals surface area (Å²) in [5.41, 5.74) is 0. The van der Waals surface area contributed by atoms with Crippen LogP contribution in [0.5, 0.6) is 0 Å². The van der Waals surface area contributed by atoms with E-state index in [0.29, 0.717) is 0 Å². The molecule has 1 fully saturated rings. The first-order chi connectivity index (χ1) is 6.50. The van der Waals surface area contributed by atoms with E-state index in [0.717, 1.165) is 0 Å². The van der Waals surface area contributed by atoms with Gasteiger partial charge in [0.15, 0.2) is 5.79 Å². The van der Waals surface area contributed by atoms with Gasteiger partial charge >= 0.3 is 5.97 Å². The molecule has 6 nitrogen and oxygen atoms in total. The summed E-state index contributed by atoms with van der Waals surface area (Å²) in [6.45, 7) is 0.256. The molecule has 0 radical (unpaired) electrons. The van der Waals surface area contributed by atoms with Crippen LogP contribution in [0, 0.1) is 0 Å². The third-order valence-electron chi connectivity index (χ3n) is 2.05. The molecule has 14 heavy (non-hydrogen) atoms. The summed E-state index contributed by atoms with van der Waals surface area (Å²) in [4.78, 5) is 10.7. The van der Waals surface area contributed by atoms with Gasteiger partial charge in [0.2, 0.25) is 0 Å². The van der Waals surface area contributed by atoms with Crippen molar-refractivity contribution in [1.29, 1.82) is 0 Å². The molecule has 0 unspecified atom stereocenters. The molecule has 0 aromatic heterocycles. The molecule has 0 spiro atoms. The van der Waals surface area contributed by atoms with Crippen LogP contribution in [0.1, 0.15) is 13.3 Å². The molecule has 3 N–H and O–H groups in total. The van der Waals surface area contributed by atoms with E-state index in [4.69, 9.17) is 19.7 Å². The van der Waals surface area contributed by atoms with Crippen LogP contribution in [-0.4, -0.2) is 52.5 Å². The maximum absolute atomic E-state index is 10.7. The SMILES string of the molecule is CC(=O)O[C@H]1C[C@@](O)(CO)O[C@@H]1CO. The molecule has 1 aliphatic rings. The number of rotatable bonds is 3. The van der Waals surface area contributed by atoms with Gasteiger partial charge in [-0.15, -0.1) is 0 Å². The van der Waals surface area contributed by atoms with E-state index in [-0.39, 0.29) is 13.0 Å². The van der Waals surface area contributed by atoms with Crippen molar-refractivity contribution in [2.45, 2.75) is 31.3 Å². The monoisotopic (exact) mass is 206 g/mol. The van der Waals surface area contributed by atoms with Gasteiger partial charge in [0.25, 0.3) is 0 Å². The lowest BCUT2D eigenvalue weighted by Gasteiger charge is -2.18. The van der Waals surface area contributed by atoms with Gasteiger partial charge < -0.3 is 24.8 Å². The van der Waals surface area contributed by atoms with Crippen LogP contribution < -0.4 is 0 Å². The summed E-state index contributed by atoms with van der Waals surface area (Å²) in [5.74, 6) is -2.23. The summed E-state index contributed by atoms with van der Waals surface area (Å²) < 4.78 is 9.76. The molecule has 82 valence electrons. The van der Waals surface area contributed by atoms with Gasteiger partial charge in [-0.1, -0.05) is 0 Å². The molecule has 1 aliphatic heterocycles. The fourth-order valence-corrected chi connectivity index (χ4v) is 1.44. The third kappa shape index (κ3) is 2.42. The highest BCUT2D eigenvalue weighted by atomic mass is 16.7. The Kier molecular flexibility index (Phi) is 3.43. The molecule has 0 bridgehead atoms. The molecular formula is C8H14O6. The van der Waals surface area contributed by atoms with Gasteiger partial charge in [-0.25, -0.2) is 0 Å². The summed E-state index contributed by atoms with van der Waals surface area (Å²) in [7, 11) is 0. The Labute approximate surface area is 81.1 Å². The summed E-state index contributed by atoms with van der Waals surface area (Å²) >= 11 is 0. The number of carbonyl (C=O) groups is 1. The Morgan fingerprint density at radius 2 is 2.29 bits per heavy atom. The van der Waals surface area contributed by atoms with E-state index < -0.39 is 30.6 Å². The van der Waals surface area contributed by atoms with Gasteiger partial charge in [-0.2, -0.15) is 0 Å². The number of ether oxygens (including phenoxy) is 2. The molecular weight excluding hydrogens is 192 g/mol. The fraction of sp³-hybridized carbons (Fsp3) is 0.875. The first-order valence-electron chi connectivity index (χ1n) is 4.30. The molecule has 6 heteroatoms. The smallest absolute Gasteiger partial charge is 0.302 e. The van der Waals surface area contributed by atoms with Crippen LogP contribution in [0.2, 0.25) is 0 Å². The van der Waals surface area contributed by atoms with Crippen molar-refractivity contribution >= 4 is 5.97 Å². The van der Waals surface area contributed by atoms with E-state index in [2.05, 4.69) is 0 Å². The van der Waals surface area contributed by atoms with Crippen molar-refractivity contribution in [1.82, 2.24) is 0 Å². The minimum atomic E-state index is -1.71. The van der Waals surface area contributed by atoms with Crippen molar-refractivity contribution in [3.63, 3.8) is 0 Å². The van der Waals surface area contributed by atoms with E-state index in [1.165, 1.54) is 6.92 Å². The second-order valence-electron chi connectivity index (χ2n) is 3.30. The predicted octanol–water partition coefficient (Wildman–Crippen LogP) is -1.62. The largest absolute Gasteiger partial charge is 0.459 e. The average molecular weight is 206 g/mol. The minimum Gasteiger partial charge on any atom is -0.459 e. The molecule has 0 saturated carbocycles. The normalized spacial score (nSPS) is 37.1. The van der Waals surface area contributed by atoms with Crippen LogP contribution in [0.25, 0.3) is 0 Å². The molecule has 0 aromatic carbocycles. The quantitative estimate of drug-likeness (QED) is 0.480. The lowest BCUT2D eigenvalue weighted by atomic mass is 10.1. The Bertz CT molecular complexity index is 218. The van der Waals surface area contributed by atoms with Gasteiger partial charge in [0.05, 0.1) is 13.2 Å². The fourth-order valence-electron chi connectivity index (χ4n) is 1.44. The Balaban J connectivity index is 2.62. The van der Waals surface area contributed by atoms with Gasteiger partial charge in [0, 0.05) is 13.3 Å². The molecule has 1 heterocycles.